The fourth-order valence-electron chi connectivity index (χ4n) is 0.996. The Hall–Kier alpha value is -2.04. The Balaban J connectivity index is 2.60. The largest absolute Gasteiger partial charge is 0.507 e. The number of rotatable bonds is 2. The van der Waals surface area contributed by atoms with Crippen LogP contribution < -0.4 is 10.9 Å². The Morgan fingerprint density at radius 2 is 1.81 bits per heavy atom. The average Bonchev–Trinajstić information content (AvgIpc) is 2.25. The number of hydrogen-bond donors (Lipinski definition) is 3. The Labute approximate surface area is 93.4 Å². The van der Waals surface area contributed by atoms with Crippen LogP contribution in [0.5, 0.6) is 5.75 Å². The van der Waals surface area contributed by atoms with E-state index in [-0.39, 0.29) is 23.1 Å². The van der Waals surface area contributed by atoms with Crippen LogP contribution in [0.1, 0.15) is 24.2 Å². The molecular formula is C11H14N2O3. The fraction of sp³-hybridized carbons (Fsp3) is 0.273. The van der Waals surface area contributed by atoms with E-state index < -0.39 is 5.91 Å². The predicted molar refractivity (Wildman–Crippen MR) is 58.6 cm³/mol. The maximum absolute atomic E-state index is 11.5. The molecule has 0 aliphatic carbocycles. The van der Waals surface area contributed by atoms with Gasteiger partial charge in [-0.05, 0) is 12.1 Å². The zero-order valence-corrected chi connectivity index (χ0v) is 9.15. The molecule has 5 heteroatoms. The second kappa shape index (κ2) is 5.16. The standard InChI is InChI=1S/C11H14N2O3/c1-7(2)10(15)12-13-11(16)8-5-3-4-6-9(8)14/h3-7,14H,1-2H3,(H,12,15)(H,13,16). The van der Waals surface area contributed by atoms with Crippen molar-refractivity contribution in [3.8, 4) is 5.75 Å². The molecule has 0 aliphatic heterocycles. The highest BCUT2D eigenvalue weighted by molar-refractivity contribution is 5.97. The number of benzene rings is 1. The molecule has 0 saturated carbocycles. The summed E-state index contributed by atoms with van der Waals surface area (Å²) >= 11 is 0. The summed E-state index contributed by atoms with van der Waals surface area (Å²) in [7, 11) is 0. The molecule has 0 bridgehead atoms. The average molecular weight is 222 g/mol. The van der Waals surface area contributed by atoms with Crippen LogP contribution in [0.3, 0.4) is 0 Å². The zero-order valence-electron chi connectivity index (χ0n) is 9.15. The van der Waals surface area contributed by atoms with Crippen LogP contribution in [-0.4, -0.2) is 16.9 Å². The quantitative estimate of drug-likeness (QED) is 0.648. The van der Waals surface area contributed by atoms with Crippen molar-refractivity contribution < 1.29 is 14.7 Å². The third-order valence-corrected chi connectivity index (χ3v) is 1.97. The monoisotopic (exact) mass is 222 g/mol. The van der Waals surface area contributed by atoms with Gasteiger partial charge < -0.3 is 5.11 Å². The van der Waals surface area contributed by atoms with Gasteiger partial charge in [0.1, 0.15) is 5.75 Å². The molecule has 0 heterocycles. The molecule has 5 nitrogen and oxygen atoms in total. The van der Waals surface area contributed by atoms with Gasteiger partial charge in [-0.3, -0.25) is 20.4 Å². The van der Waals surface area contributed by atoms with Gasteiger partial charge in [0.2, 0.25) is 5.91 Å². The molecule has 0 aromatic heterocycles. The van der Waals surface area contributed by atoms with E-state index in [1.807, 2.05) is 0 Å². The summed E-state index contributed by atoms with van der Waals surface area (Å²) in [4.78, 5) is 22.7. The number of phenolic OH excluding ortho intramolecular Hbond substituents is 1. The summed E-state index contributed by atoms with van der Waals surface area (Å²) in [6.45, 7) is 3.42. The second-order valence-electron chi connectivity index (χ2n) is 3.62. The van der Waals surface area contributed by atoms with Crippen molar-refractivity contribution in [1.82, 2.24) is 10.9 Å². The first kappa shape index (κ1) is 12.0. The molecule has 0 saturated heterocycles. The van der Waals surface area contributed by atoms with Crippen LogP contribution in [0.4, 0.5) is 0 Å². The van der Waals surface area contributed by atoms with Crippen LogP contribution in [0.2, 0.25) is 0 Å². The highest BCUT2D eigenvalue weighted by Gasteiger charge is 2.12. The van der Waals surface area contributed by atoms with Crippen LogP contribution in [0.25, 0.3) is 0 Å². The zero-order chi connectivity index (χ0) is 12.1. The Bertz CT molecular complexity index is 402. The highest BCUT2D eigenvalue weighted by atomic mass is 16.3. The van der Waals surface area contributed by atoms with Crippen LogP contribution in [0, 0.1) is 5.92 Å². The summed E-state index contributed by atoms with van der Waals surface area (Å²) in [5.41, 5.74) is 4.60. The molecule has 1 aromatic rings. The second-order valence-corrected chi connectivity index (χ2v) is 3.62. The third kappa shape index (κ3) is 2.98. The van der Waals surface area contributed by atoms with Crippen molar-refractivity contribution in [1.29, 1.82) is 0 Å². The van der Waals surface area contributed by atoms with Gasteiger partial charge in [-0.1, -0.05) is 26.0 Å². The van der Waals surface area contributed by atoms with E-state index in [9.17, 15) is 14.7 Å². The van der Waals surface area contributed by atoms with Crippen LogP contribution in [0.15, 0.2) is 24.3 Å². The predicted octanol–water partition coefficient (Wildman–Crippen LogP) is 0.809. The molecule has 0 spiro atoms. The van der Waals surface area contributed by atoms with Crippen molar-refractivity contribution in [3.05, 3.63) is 29.8 Å². The summed E-state index contributed by atoms with van der Waals surface area (Å²) < 4.78 is 0. The Morgan fingerprint density at radius 1 is 1.19 bits per heavy atom. The van der Waals surface area contributed by atoms with E-state index >= 15 is 0 Å². The lowest BCUT2D eigenvalue weighted by atomic mass is 10.2. The van der Waals surface area contributed by atoms with E-state index in [1.165, 1.54) is 12.1 Å². The number of carbonyl (C=O) groups excluding carboxylic acids is 2. The van der Waals surface area contributed by atoms with Crippen molar-refractivity contribution in [3.63, 3.8) is 0 Å². The van der Waals surface area contributed by atoms with Gasteiger partial charge in [-0.25, -0.2) is 0 Å². The van der Waals surface area contributed by atoms with Gasteiger partial charge in [0.15, 0.2) is 0 Å². The third-order valence-electron chi connectivity index (χ3n) is 1.97. The van der Waals surface area contributed by atoms with Crippen molar-refractivity contribution in [2.24, 2.45) is 5.92 Å². The minimum Gasteiger partial charge on any atom is -0.507 e. The van der Waals surface area contributed by atoms with E-state index in [2.05, 4.69) is 10.9 Å². The van der Waals surface area contributed by atoms with Crippen LogP contribution >= 0.6 is 0 Å². The fourth-order valence-corrected chi connectivity index (χ4v) is 0.996. The van der Waals surface area contributed by atoms with Gasteiger partial charge in [0.05, 0.1) is 5.56 Å². The molecule has 86 valence electrons. The van der Waals surface area contributed by atoms with Gasteiger partial charge in [-0.2, -0.15) is 0 Å². The molecule has 1 aromatic carbocycles. The van der Waals surface area contributed by atoms with Gasteiger partial charge in [0.25, 0.3) is 5.91 Å². The smallest absolute Gasteiger partial charge is 0.273 e. The number of para-hydroxylation sites is 1. The molecule has 0 unspecified atom stereocenters. The SMILES string of the molecule is CC(C)C(=O)NNC(=O)c1ccccc1O. The molecule has 0 aliphatic rings. The van der Waals surface area contributed by atoms with Crippen molar-refractivity contribution in [2.45, 2.75) is 13.8 Å². The first-order chi connectivity index (χ1) is 7.52. The minimum atomic E-state index is -0.549. The Morgan fingerprint density at radius 3 is 2.38 bits per heavy atom. The number of phenols is 1. The van der Waals surface area contributed by atoms with Crippen LogP contribution in [-0.2, 0) is 4.79 Å². The number of aromatic hydroxyl groups is 1. The van der Waals surface area contributed by atoms with E-state index in [4.69, 9.17) is 0 Å². The normalized spacial score (nSPS) is 9.94. The Kier molecular flexibility index (Phi) is 3.88. The first-order valence-corrected chi connectivity index (χ1v) is 4.90. The van der Waals surface area contributed by atoms with Crippen molar-refractivity contribution in [2.75, 3.05) is 0 Å². The first-order valence-electron chi connectivity index (χ1n) is 4.90. The maximum atomic E-state index is 11.5. The lowest BCUT2D eigenvalue weighted by molar-refractivity contribution is -0.124. The molecule has 0 atom stereocenters. The van der Waals surface area contributed by atoms with Gasteiger partial charge in [0, 0.05) is 5.92 Å². The number of carbonyl (C=O) groups is 2. The number of hydrogen-bond acceptors (Lipinski definition) is 3. The van der Waals surface area contributed by atoms with E-state index in [0.29, 0.717) is 0 Å². The number of nitrogens with one attached hydrogen (secondary N) is 2. The van der Waals surface area contributed by atoms with Gasteiger partial charge in [-0.15, -0.1) is 0 Å². The van der Waals surface area contributed by atoms with E-state index in [1.54, 1.807) is 26.0 Å². The number of amides is 2. The minimum absolute atomic E-state index is 0.117. The van der Waals surface area contributed by atoms with Gasteiger partial charge >= 0.3 is 0 Å². The molecule has 1 rings (SSSR count). The molecule has 2 amide bonds. The topological polar surface area (TPSA) is 78.4 Å². The lowest BCUT2D eigenvalue weighted by Crippen LogP contribution is -2.43. The molecule has 3 N–H and O–H groups in total. The summed E-state index contributed by atoms with van der Waals surface area (Å²) in [6.07, 6.45) is 0. The van der Waals surface area contributed by atoms with E-state index in [0.717, 1.165) is 0 Å². The maximum Gasteiger partial charge on any atom is 0.273 e. The summed E-state index contributed by atoms with van der Waals surface area (Å²) in [5, 5.41) is 9.38. The van der Waals surface area contributed by atoms with Crippen molar-refractivity contribution >= 4 is 11.8 Å². The summed E-state index contributed by atoms with van der Waals surface area (Å²) in [6, 6.07) is 6.10. The molecular weight excluding hydrogens is 208 g/mol. The summed E-state index contributed by atoms with van der Waals surface area (Å²) in [5.74, 6) is -1.18. The number of hydrazine groups is 1. The molecule has 0 radical (unpaired) electrons. The molecule has 16 heavy (non-hydrogen) atoms. The lowest BCUT2D eigenvalue weighted by Gasteiger charge is -2.09. The highest BCUT2D eigenvalue weighted by Crippen LogP contribution is 2.14. The molecule has 0 fully saturated rings.